The van der Waals surface area contributed by atoms with Crippen molar-refractivity contribution >= 4 is 28.1 Å². The minimum absolute atomic E-state index is 0.405. The summed E-state index contributed by atoms with van der Waals surface area (Å²) >= 11 is 1.27. The molecule has 0 bridgehead atoms. The van der Waals surface area contributed by atoms with E-state index in [0.717, 1.165) is 12.1 Å². The van der Waals surface area contributed by atoms with Crippen LogP contribution in [-0.2, 0) is 15.7 Å². The normalized spacial score (nSPS) is 12.8. The van der Waals surface area contributed by atoms with E-state index in [0.29, 0.717) is 16.5 Å². The van der Waals surface area contributed by atoms with Crippen LogP contribution < -0.4 is 5.32 Å². The van der Waals surface area contributed by atoms with Crippen molar-refractivity contribution in [3.05, 3.63) is 40.9 Å². The molecule has 0 aliphatic heterocycles. The molecule has 8 heteroatoms. The van der Waals surface area contributed by atoms with Crippen molar-refractivity contribution in [1.82, 2.24) is 4.98 Å². The van der Waals surface area contributed by atoms with Crippen molar-refractivity contribution in [2.75, 3.05) is 5.32 Å². The van der Waals surface area contributed by atoms with Crippen LogP contribution in [0.25, 0.3) is 0 Å². The SMILES string of the molecule is CC(=O)OC(C)c1csc(Nc2ccc(C(F)(F)F)cc2)n1. The van der Waals surface area contributed by atoms with E-state index in [9.17, 15) is 18.0 Å². The molecule has 0 radical (unpaired) electrons. The van der Waals surface area contributed by atoms with Gasteiger partial charge in [0.2, 0.25) is 0 Å². The fourth-order valence-electron chi connectivity index (χ4n) is 1.71. The summed E-state index contributed by atoms with van der Waals surface area (Å²) in [5.41, 5.74) is 0.366. The summed E-state index contributed by atoms with van der Waals surface area (Å²) in [7, 11) is 0. The van der Waals surface area contributed by atoms with E-state index in [-0.39, 0.29) is 0 Å². The van der Waals surface area contributed by atoms with Gasteiger partial charge in [-0.3, -0.25) is 4.79 Å². The number of alkyl halides is 3. The van der Waals surface area contributed by atoms with Gasteiger partial charge >= 0.3 is 12.1 Å². The first-order valence-electron chi connectivity index (χ1n) is 6.32. The lowest BCUT2D eigenvalue weighted by atomic mass is 10.2. The number of ether oxygens (including phenoxy) is 1. The second-order valence-electron chi connectivity index (χ2n) is 4.53. The molecule has 1 N–H and O–H groups in total. The molecule has 2 aromatic rings. The van der Waals surface area contributed by atoms with Crippen LogP contribution >= 0.6 is 11.3 Å². The van der Waals surface area contributed by atoms with Crippen LogP contribution in [-0.4, -0.2) is 11.0 Å². The highest BCUT2D eigenvalue weighted by atomic mass is 32.1. The van der Waals surface area contributed by atoms with Gasteiger partial charge in [-0.05, 0) is 31.2 Å². The van der Waals surface area contributed by atoms with Gasteiger partial charge in [0.05, 0.1) is 11.3 Å². The Morgan fingerprint density at radius 3 is 2.50 bits per heavy atom. The fourth-order valence-corrected chi connectivity index (χ4v) is 2.52. The predicted octanol–water partition coefficient (Wildman–Crippen LogP) is 4.53. The van der Waals surface area contributed by atoms with Crippen LogP contribution in [0.3, 0.4) is 0 Å². The van der Waals surface area contributed by atoms with Gasteiger partial charge in [-0.1, -0.05) is 0 Å². The van der Waals surface area contributed by atoms with Crippen LogP contribution in [0.15, 0.2) is 29.6 Å². The van der Waals surface area contributed by atoms with Gasteiger partial charge < -0.3 is 10.1 Å². The molecule has 0 aliphatic rings. The fraction of sp³-hybridized carbons (Fsp3) is 0.286. The Balaban J connectivity index is 2.05. The average molecular weight is 330 g/mol. The smallest absolute Gasteiger partial charge is 0.416 e. The Hall–Kier alpha value is -2.09. The number of anilines is 2. The molecular weight excluding hydrogens is 317 g/mol. The van der Waals surface area contributed by atoms with Gasteiger partial charge in [0.1, 0.15) is 6.10 Å². The first kappa shape index (κ1) is 16.3. The number of esters is 1. The minimum Gasteiger partial charge on any atom is -0.456 e. The molecule has 1 unspecified atom stereocenters. The largest absolute Gasteiger partial charge is 0.456 e. The second kappa shape index (κ2) is 6.35. The Bertz CT molecular complexity index is 653. The van der Waals surface area contributed by atoms with Crippen molar-refractivity contribution in [3.8, 4) is 0 Å². The van der Waals surface area contributed by atoms with Crippen LogP contribution in [0, 0.1) is 0 Å². The van der Waals surface area contributed by atoms with Crippen molar-refractivity contribution in [1.29, 1.82) is 0 Å². The molecule has 0 saturated carbocycles. The number of benzene rings is 1. The van der Waals surface area contributed by atoms with Gasteiger partial charge in [-0.2, -0.15) is 13.2 Å². The van der Waals surface area contributed by atoms with Crippen LogP contribution in [0.2, 0.25) is 0 Å². The Morgan fingerprint density at radius 2 is 1.95 bits per heavy atom. The number of aromatic nitrogens is 1. The molecule has 22 heavy (non-hydrogen) atoms. The zero-order valence-corrected chi connectivity index (χ0v) is 12.6. The van der Waals surface area contributed by atoms with Crippen molar-refractivity contribution in [2.24, 2.45) is 0 Å². The third-order valence-corrected chi connectivity index (χ3v) is 3.52. The quantitative estimate of drug-likeness (QED) is 0.837. The molecule has 0 saturated heterocycles. The second-order valence-corrected chi connectivity index (χ2v) is 5.39. The standard InChI is InChI=1S/C14H13F3N2O2S/c1-8(21-9(2)20)12-7-22-13(19-12)18-11-5-3-10(4-6-11)14(15,16)17/h3-8H,1-2H3,(H,18,19). The molecule has 1 atom stereocenters. The molecule has 0 spiro atoms. The maximum Gasteiger partial charge on any atom is 0.416 e. The molecule has 0 fully saturated rings. The number of hydrogen-bond donors (Lipinski definition) is 1. The topological polar surface area (TPSA) is 51.2 Å². The van der Waals surface area contributed by atoms with Gasteiger partial charge in [-0.25, -0.2) is 4.98 Å². The summed E-state index contributed by atoms with van der Waals surface area (Å²) < 4.78 is 42.4. The van der Waals surface area contributed by atoms with E-state index in [1.807, 2.05) is 0 Å². The molecule has 1 aromatic carbocycles. The van der Waals surface area contributed by atoms with Gasteiger partial charge in [0.15, 0.2) is 5.13 Å². The van der Waals surface area contributed by atoms with E-state index >= 15 is 0 Å². The number of carbonyl (C=O) groups excluding carboxylic acids is 1. The van der Waals surface area contributed by atoms with Gasteiger partial charge in [-0.15, -0.1) is 11.3 Å². The molecular formula is C14H13F3N2O2S. The number of carbonyl (C=O) groups is 1. The summed E-state index contributed by atoms with van der Waals surface area (Å²) in [6.45, 7) is 3.00. The number of nitrogens with zero attached hydrogens (tertiary/aromatic N) is 1. The zero-order valence-electron chi connectivity index (χ0n) is 11.8. The van der Waals surface area contributed by atoms with E-state index in [2.05, 4.69) is 10.3 Å². The number of thiazole rings is 1. The Kier molecular flexibility index (Phi) is 4.70. The first-order chi connectivity index (χ1) is 10.3. The molecule has 4 nitrogen and oxygen atoms in total. The molecule has 1 heterocycles. The lowest BCUT2D eigenvalue weighted by molar-refractivity contribution is -0.146. The maximum atomic E-state index is 12.5. The van der Waals surface area contributed by atoms with Crippen LogP contribution in [0.1, 0.15) is 31.2 Å². The number of rotatable bonds is 4. The van der Waals surface area contributed by atoms with E-state index in [4.69, 9.17) is 4.74 Å². The maximum absolute atomic E-state index is 12.5. The van der Waals surface area contributed by atoms with Crippen LogP contribution in [0.4, 0.5) is 24.0 Å². The average Bonchev–Trinajstić information content (AvgIpc) is 2.86. The number of nitrogens with one attached hydrogen (secondary N) is 1. The van der Waals surface area contributed by atoms with Crippen molar-refractivity contribution < 1.29 is 22.7 Å². The van der Waals surface area contributed by atoms with E-state index < -0.39 is 23.8 Å². The monoisotopic (exact) mass is 330 g/mol. The molecule has 2 rings (SSSR count). The molecule has 1 aromatic heterocycles. The van der Waals surface area contributed by atoms with E-state index in [1.165, 1.54) is 30.4 Å². The molecule has 118 valence electrons. The highest BCUT2D eigenvalue weighted by Crippen LogP contribution is 2.31. The van der Waals surface area contributed by atoms with Gasteiger partial charge in [0, 0.05) is 18.0 Å². The van der Waals surface area contributed by atoms with Crippen molar-refractivity contribution in [3.63, 3.8) is 0 Å². The zero-order chi connectivity index (χ0) is 16.3. The summed E-state index contributed by atoms with van der Waals surface area (Å²) in [5.74, 6) is -0.405. The lowest BCUT2D eigenvalue weighted by Crippen LogP contribution is -2.05. The molecule has 0 amide bonds. The number of hydrogen-bond acceptors (Lipinski definition) is 5. The third kappa shape index (κ3) is 4.20. The minimum atomic E-state index is -4.35. The summed E-state index contributed by atoms with van der Waals surface area (Å²) in [6.07, 6.45) is -4.83. The number of halogens is 3. The highest BCUT2D eigenvalue weighted by Gasteiger charge is 2.29. The Morgan fingerprint density at radius 1 is 1.32 bits per heavy atom. The van der Waals surface area contributed by atoms with Gasteiger partial charge in [0.25, 0.3) is 0 Å². The third-order valence-electron chi connectivity index (χ3n) is 2.74. The highest BCUT2D eigenvalue weighted by molar-refractivity contribution is 7.13. The lowest BCUT2D eigenvalue weighted by Gasteiger charge is -2.09. The van der Waals surface area contributed by atoms with Crippen molar-refractivity contribution in [2.45, 2.75) is 26.1 Å². The van der Waals surface area contributed by atoms with Crippen LogP contribution in [0.5, 0.6) is 0 Å². The first-order valence-corrected chi connectivity index (χ1v) is 7.20. The summed E-state index contributed by atoms with van der Waals surface area (Å²) in [4.78, 5) is 15.1. The predicted molar refractivity (Wildman–Crippen MR) is 77.0 cm³/mol. The summed E-state index contributed by atoms with van der Waals surface area (Å²) in [5, 5.41) is 5.14. The summed E-state index contributed by atoms with van der Waals surface area (Å²) in [6, 6.07) is 4.66. The Labute approximate surface area is 128 Å². The van der Waals surface area contributed by atoms with E-state index in [1.54, 1.807) is 12.3 Å². The molecule has 0 aliphatic carbocycles.